The lowest BCUT2D eigenvalue weighted by atomic mass is 10.3. The van der Waals surface area contributed by atoms with Crippen LogP contribution in [0.25, 0.3) is 0 Å². The highest BCUT2D eigenvalue weighted by Gasteiger charge is 2.20. The molecule has 3 heterocycles. The van der Waals surface area contributed by atoms with Gasteiger partial charge in [-0.3, -0.25) is 4.79 Å². The van der Waals surface area contributed by atoms with Crippen molar-refractivity contribution in [1.29, 1.82) is 0 Å². The molecule has 0 amide bonds. The predicted molar refractivity (Wildman–Crippen MR) is 77.9 cm³/mol. The molecule has 0 spiro atoms. The Bertz CT molecular complexity index is 630. The smallest absolute Gasteiger partial charge is 0.290 e. The van der Waals surface area contributed by atoms with Crippen molar-refractivity contribution in [2.24, 2.45) is 0 Å². The molecule has 1 aliphatic heterocycles. The van der Waals surface area contributed by atoms with Gasteiger partial charge in [-0.2, -0.15) is 0 Å². The van der Waals surface area contributed by atoms with E-state index in [1.54, 1.807) is 18.6 Å². The summed E-state index contributed by atoms with van der Waals surface area (Å²) >= 11 is 0. The second-order valence-electron chi connectivity index (χ2n) is 4.67. The third-order valence-electron chi connectivity index (χ3n) is 3.36. The van der Waals surface area contributed by atoms with E-state index >= 15 is 0 Å². The minimum absolute atomic E-state index is 0.147. The molecule has 1 aliphatic rings. The van der Waals surface area contributed by atoms with Crippen LogP contribution in [0.4, 0.5) is 17.3 Å². The van der Waals surface area contributed by atoms with Crippen molar-refractivity contribution in [1.82, 2.24) is 15.0 Å². The molecule has 0 aromatic carbocycles. The lowest BCUT2D eigenvalue weighted by Gasteiger charge is -2.35. The summed E-state index contributed by atoms with van der Waals surface area (Å²) in [6.07, 6.45) is 4.80. The van der Waals surface area contributed by atoms with Gasteiger partial charge in [0.25, 0.3) is 5.56 Å². The number of hydrogen-bond donors (Lipinski definition) is 2. The summed E-state index contributed by atoms with van der Waals surface area (Å²) in [5.41, 5.74) is 6.15. The highest BCUT2D eigenvalue weighted by Crippen LogP contribution is 2.16. The number of anilines is 3. The Labute approximate surface area is 116 Å². The van der Waals surface area contributed by atoms with Crippen LogP contribution in [-0.2, 0) is 0 Å². The average molecular weight is 272 g/mol. The minimum atomic E-state index is -0.147. The van der Waals surface area contributed by atoms with Crippen LogP contribution in [0.5, 0.6) is 0 Å². The van der Waals surface area contributed by atoms with E-state index in [2.05, 4.69) is 19.9 Å². The molecule has 20 heavy (non-hydrogen) atoms. The number of H-pyrrole nitrogens is 1. The van der Waals surface area contributed by atoms with Gasteiger partial charge in [0, 0.05) is 38.6 Å². The van der Waals surface area contributed by atoms with Gasteiger partial charge in [-0.15, -0.1) is 0 Å². The molecule has 2 aromatic rings. The van der Waals surface area contributed by atoms with Crippen LogP contribution in [0.15, 0.2) is 35.5 Å². The first-order valence-corrected chi connectivity index (χ1v) is 6.49. The van der Waals surface area contributed by atoms with Crippen molar-refractivity contribution in [2.45, 2.75) is 0 Å². The van der Waals surface area contributed by atoms with Crippen LogP contribution < -0.4 is 21.1 Å². The molecule has 0 saturated carbocycles. The van der Waals surface area contributed by atoms with Crippen LogP contribution in [0.2, 0.25) is 0 Å². The number of hydrogen-bond acceptors (Lipinski definition) is 6. The predicted octanol–water partition coefficient (Wildman–Crippen LogP) is 0.0737. The number of nitrogens with one attached hydrogen (secondary N) is 1. The van der Waals surface area contributed by atoms with Crippen LogP contribution in [0.3, 0.4) is 0 Å². The summed E-state index contributed by atoms with van der Waals surface area (Å²) in [5, 5.41) is 0. The van der Waals surface area contributed by atoms with Gasteiger partial charge in [0.1, 0.15) is 5.82 Å². The first-order chi connectivity index (χ1) is 9.74. The van der Waals surface area contributed by atoms with E-state index in [0.717, 1.165) is 32.0 Å². The van der Waals surface area contributed by atoms with Gasteiger partial charge in [-0.05, 0) is 12.1 Å². The number of aromatic amines is 1. The summed E-state index contributed by atoms with van der Waals surface area (Å²) in [5.74, 6) is 1.39. The maximum Gasteiger partial charge on any atom is 0.290 e. The van der Waals surface area contributed by atoms with Crippen LogP contribution >= 0.6 is 0 Å². The topological polar surface area (TPSA) is 91.1 Å². The highest BCUT2D eigenvalue weighted by molar-refractivity contribution is 5.47. The molecular formula is C13H16N6O. The van der Waals surface area contributed by atoms with Crippen molar-refractivity contribution in [3.05, 3.63) is 41.1 Å². The largest absolute Gasteiger partial charge is 0.397 e. The molecule has 3 rings (SSSR count). The molecule has 0 atom stereocenters. The molecule has 2 aromatic heterocycles. The maximum absolute atomic E-state index is 11.7. The number of pyridine rings is 1. The van der Waals surface area contributed by atoms with Crippen molar-refractivity contribution < 1.29 is 0 Å². The maximum atomic E-state index is 11.7. The van der Waals surface area contributed by atoms with Gasteiger partial charge in [0.15, 0.2) is 5.82 Å². The lowest BCUT2D eigenvalue weighted by Crippen LogP contribution is -2.48. The molecule has 7 heteroatoms. The Morgan fingerprint density at radius 1 is 1.10 bits per heavy atom. The van der Waals surface area contributed by atoms with Crippen LogP contribution in [0, 0.1) is 0 Å². The summed E-state index contributed by atoms with van der Waals surface area (Å²) in [6.45, 7) is 3.08. The fourth-order valence-corrected chi connectivity index (χ4v) is 2.30. The lowest BCUT2D eigenvalue weighted by molar-refractivity contribution is 0.638. The molecule has 0 unspecified atom stereocenters. The molecule has 7 nitrogen and oxygen atoms in total. The Balaban J connectivity index is 1.69. The fourth-order valence-electron chi connectivity index (χ4n) is 2.30. The first kappa shape index (κ1) is 12.5. The highest BCUT2D eigenvalue weighted by atomic mass is 16.1. The molecule has 1 fully saturated rings. The van der Waals surface area contributed by atoms with Crippen molar-refractivity contribution in [3.8, 4) is 0 Å². The van der Waals surface area contributed by atoms with E-state index in [1.807, 2.05) is 17.0 Å². The number of rotatable bonds is 2. The van der Waals surface area contributed by atoms with Crippen molar-refractivity contribution in [2.75, 3.05) is 41.7 Å². The molecule has 1 saturated heterocycles. The Kier molecular flexibility index (Phi) is 3.24. The Morgan fingerprint density at radius 3 is 2.50 bits per heavy atom. The molecule has 0 radical (unpaired) electrons. The summed E-state index contributed by atoms with van der Waals surface area (Å²) in [6, 6.07) is 3.76. The molecule has 104 valence electrons. The number of aromatic nitrogens is 3. The quantitative estimate of drug-likeness (QED) is 0.804. The third-order valence-corrected chi connectivity index (χ3v) is 3.36. The third kappa shape index (κ3) is 2.42. The van der Waals surface area contributed by atoms with E-state index in [9.17, 15) is 4.79 Å². The van der Waals surface area contributed by atoms with Gasteiger partial charge in [0.2, 0.25) is 0 Å². The zero-order valence-electron chi connectivity index (χ0n) is 11.0. The standard InChI is InChI=1S/C13H16N6O/c14-10-1-2-11(17-9-10)18-5-7-19(8-6-18)12-13(20)16-4-3-15-12/h1-4,9H,5-8,14H2,(H,16,20). The van der Waals surface area contributed by atoms with E-state index in [1.165, 1.54) is 0 Å². The number of nitrogens with zero attached hydrogens (tertiary/aromatic N) is 4. The fraction of sp³-hybridized carbons (Fsp3) is 0.308. The van der Waals surface area contributed by atoms with Gasteiger partial charge >= 0.3 is 0 Å². The van der Waals surface area contributed by atoms with E-state index < -0.39 is 0 Å². The van der Waals surface area contributed by atoms with Gasteiger partial charge < -0.3 is 20.5 Å². The van der Waals surface area contributed by atoms with E-state index in [4.69, 9.17) is 5.73 Å². The monoisotopic (exact) mass is 272 g/mol. The summed E-state index contributed by atoms with van der Waals surface area (Å²) in [4.78, 5) is 27.0. The van der Waals surface area contributed by atoms with Gasteiger partial charge in [0.05, 0.1) is 11.9 Å². The van der Waals surface area contributed by atoms with Gasteiger partial charge in [-0.1, -0.05) is 0 Å². The van der Waals surface area contributed by atoms with Crippen LogP contribution in [0.1, 0.15) is 0 Å². The SMILES string of the molecule is Nc1ccc(N2CCN(c3ncc[nH]c3=O)CC2)nc1. The molecular weight excluding hydrogens is 256 g/mol. The second kappa shape index (κ2) is 5.20. The normalized spacial score (nSPS) is 15.4. The average Bonchev–Trinajstić information content (AvgIpc) is 2.49. The molecule has 3 N–H and O–H groups in total. The molecule has 0 aliphatic carbocycles. The molecule has 0 bridgehead atoms. The Morgan fingerprint density at radius 2 is 1.85 bits per heavy atom. The van der Waals surface area contributed by atoms with Gasteiger partial charge in [-0.25, -0.2) is 9.97 Å². The van der Waals surface area contributed by atoms with E-state index in [0.29, 0.717) is 11.5 Å². The Hall–Kier alpha value is -2.57. The summed E-state index contributed by atoms with van der Waals surface area (Å²) in [7, 11) is 0. The van der Waals surface area contributed by atoms with Crippen molar-refractivity contribution in [3.63, 3.8) is 0 Å². The van der Waals surface area contributed by atoms with Crippen LogP contribution in [-0.4, -0.2) is 41.1 Å². The first-order valence-electron chi connectivity index (χ1n) is 6.49. The second-order valence-corrected chi connectivity index (χ2v) is 4.67. The zero-order chi connectivity index (χ0) is 13.9. The summed E-state index contributed by atoms with van der Waals surface area (Å²) < 4.78 is 0. The minimum Gasteiger partial charge on any atom is -0.397 e. The number of nitrogens with two attached hydrogens (primary N) is 1. The number of piperazine rings is 1. The van der Waals surface area contributed by atoms with E-state index in [-0.39, 0.29) is 5.56 Å². The number of nitrogen functional groups attached to an aromatic ring is 1. The van der Waals surface area contributed by atoms with Crippen molar-refractivity contribution >= 4 is 17.3 Å². The zero-order valence-corrected chi connectivity index (χ0v) is 11.0.